The minimum atomic E-state index is -0.595. The largest absolute Gasteiger partial charge is 0.354 e. The molecule has 0 aliphatic rings. The monoisotopic (exact) mass is 249 g/mol. The first-order valence-corrected chi connectivity index (χ1v) is 4.86. The lowest BCUT2D eigenvalue weighted by molar-refractivity contribution is -0.385. The number of non-ortho nitro benzene ring substituents is 1. The Morgan fingerprint density at radius 3 is 2.22 bits per heavy atom. The van der Waals surface area contributed by atoms with Gasteiger partial charge in [-0.15, -0.1) is 0 Å². The summed E-state index contributed by atoms with van der Waals surface area (Å²) >= 11 is 0. The molecule has 0 unspecified atom stereocenters. The van der Waals surface area contributed by atoms with Crippen molar-refractivity contribution >= 4 is 11.4 Å². The molecule has 1 heterocycles. The zero-order chi connectivity index (χ0) is 13.3. The summed E-state index contributed by atoms with van der Waals surface area (Å²) in [5.41, 5.74) is 0.127. The van der Waals surface area contributed by atoms with E-state index < -0.39 is 9.85 Å². The molecule has 0 atom stereocenters. The fourth-order valence-electron chi connectivity index (χ4n) is 1.51. The number of hydrogen-bond donors (Lipinski definition) is 0. The standard InChI is InChI=1S/C10H7N3O5/c1-6-10(13(16)17)9(11-18-6)7-2-4-8(5-3-7)12(14)15/h2-5H,1H3. The molecule has 8 nitrogen and oxygen atoms in total. The van der Waals surface area contributed by atoms with E-state index in [1.54, 1.807) is 0 Å². The topological polar surface area (TPSA) is 112 Å². The Labute approximate surface area is 100 Å². The molecule has 0 N–H and O–H groups in total. The number of nitrogens with zero attached hydrogens (tertiary/aromatic N) is 3. The molecule has 1 aromatic heterocycles. The van der Waals surface area contributed by atoms with Gasteiger partial charge in [0.15, 0.2) is 5.69 Å². The van der Waals surface area contributed by atoms with Crippen LogP contribution >= 0.6 is 0 Å². The molecule has 2 rings (SSSR count). The predicted molar refractivity (Wildman–Crippen MR) is 60.0 cm³/mol. The van der Waals surface area contributed by atoms with Crippen LogP contribution in [0.5, 0.6) is 0 Å². The fourth-order valence-corrected chi connectivity index (χ4v) is 1.51. The van der Waals surface area contributed by atoms with Crippen LogP contribution in [0.2, 0.25) is 0 Å². The molecule has 0 saturated heterocycles. The predicted octanol–water partition coefficient (Wildman–Crippen LogP) is 2.47. The summed E-state index contributed by atoms with van der Waals surface area (Å²) in [5.74, 6) is 0.0911. The molecule has 92 valence electrons. The van der Waals surface area contributed by atoms with Crippen molar-refractivity contribution in [3.05, 3.63) is 50.3 Å². The van der Waals surface area contributed by atoms with E-state index in [9.17, 15) is 20.2 Å². The van der Waals surface area contributed by atoms with E-state index in [-0.39, 0.29) is 22.8 Å². The van der Waals surface area contributed by atoms with E-state index >= 15 is 0 Å². The van der Waals surface area contributed by atoms with Crippen molar-refractivity contribution in [3.63, 3.8) is 0 Å². The quantitative estimate of drug-likeness (QED) is 0.609. The molecule has 18 heavy (non-hydrogen) atoms. The van der Waals surface area contributed by atoms with Crippen LogP contribution in [0.1, 0.15) is 5.76 Å². The molecule has 8 heteroatoms. The van der Waals surface area contributed by atoms with Crippen LogP contribution in [0.3, 0.4) is 0 Å². The third-order valence-corrected chi connectivity index (χ3v) is 2.37. The number of benzene rings is 1. The van der Waals surface area contributed by atoms with Gasteiger partial charge in [-0.1, -0.05) is 5.16 Å². The van der Waals surface area contributed by atoms with Crippen LogP contribution in [0, 0.1) is 27.2 Å². The molecule has 0 radical (unpaired) electrons. The van der Waals surface area contributed by atoms with Gasteiger partial charge in [-0.2, -0.15) is 0 Å². The number of nitro groups is 2. The lowest BCUT2D eigenvalue weighted by atomic mass is 10.1. The molecule has 0 amide bonds. The second kappa shape index (κ2) is 4.24. The third kappa shape index (κ3) is 1.90. The average Bonchev–Trinajstić information content (AvgIpc) is 2.71. The van der Waals surface area contributed by atoms with Crippen molar-refractivity contribution in [3.8, 4) is 11.3 Å². The molecular weight excluding hydrogens is 242 g/mol. The van der Waals surface area contributed by atoms with Crippen LogP contribution in [0.25, 0.3) is 11.3 Å². The number of aromatic nitrogens is 1. The minimum Gasteiger partial charge on any atom is -0.354 e. The second-order valence-electron chi connectivity index (χ2n) is 3.50. The average molecular weight is 249 g/mol. The maximum atomic E-state index is 10.8. The summed E-state index contributed by atoms with van der Waals surface area (Å²) in [6.07, 6.45) is 0. The normalized spacial score (nSPS) is 10.3. The molecule has 0 aliphatic heterocycles. The van der Waals surface area contributed by atoms with Crippen molar-refractivity contribution < 1.29 is 14.4 Å². The first kappa shape index (κ1) is 11.7. The Morgan fingerprint density at radius 2 is 1.72 bits per heavy atom. The Balaban J connectivity index is 2.49. The van der Waals surface area contributed by atoms with Gasteiger partial charge in [0.1, 0.15) is 0 Å². The summed E-state index contributed by atoms with van der Waals surface area (Å²) in [4.78, 5) is 20.2. The highest BCUT2D eigenvalue weighted by molar-refractivity contribution is 5.70. The van der Waals surface area contributed by atoms with E-state index in [0.29, 0.717) is 5.56 Å². The summed E-state index contributed by atoms with van der Waals surface area (Å²) in [6.45, 7) is 1.43. The van der Waals surface area contributed by atoms with Crippen molar-refractivity contribution in [2.24, 2.45) is 0 Å². The van der Waals surface area contributed by atoms with Crippen LogP contribution < -0.4 is 0 Å². The maximum absolute atomic E-state index is 10.8. The maximum Gasteiger partial charge on any atom is 0.339 e. The molecule has 0 fully saturated rings. The first-order valence-electron chi connectivity index (χ1n) is 4.86. The highest BCUT2D eigenvalue weighted by Crippen LogP contribution is 2.32. The van der Waals surface area contributed by atoms with Gasteiger partial charge in [0.2, 0.25) is 5.76 Å². The molecule has 0 bridgehead atoms. The van der Waals surface area contributed by atoms with Crippen molar-refractivity contribution in [2.45, 2.75) is 6.92 Å². The summed E-state index contributed by atoms with van der Waals surface area (Å²) in [6, 6.07) is 5.29. The number of aryl methyl sites for hydroxylation is 1. The molecule has 0 saturated carbocycles. The van der Waals surface area contributed by atoms with Crippen molar-refractivity contribution in [1.29, 1.82) is 0 Å². The zero-order valence-corrected chi connectivity index (χ0v) is 9.19. The lowest BCUT2D eigenvalue weighted by Gasteiger charge is -1.95. The van der Waals surface area contributed by atoms with Gasteiger partial charge < -0.3 is 4.52 Å². The zero-order valence-electron chi connectivity index (χ0n) is 9.19. The first-order chi connectivity index (χ1) is 8.50. The third-order valence-electron chi connectivity index (χ3n) is 2.37. The van der Waals surface area contributed by atoms with Crippen LogP contribution in [0.4, 0.5) is 11.4 Å². The summed E-state index contributed by atoms with van der Waals surface area (Å²) < 4.78 is 4.76. The molecule has 1 aromatic carbocycles. The molecule has 2 aromatic rings. The molecule has 0 aliphatic carbocycles. The minimum absolute atomic E-state index is 0.0624. The summed E-state index contributed by atoms with van der Waals surface area (Å²) in [7, 11) is 0. The van der Waals surface area contributed by atoms with Gasteiger partial charge in [-0.25, -0.2) is 0 Å². The Morgan fingerprint density at radius 1 is 1.11 bits per heavy atom. The van der Waals surface area contributed by atoms with E-state index in [1.807, 2.05) is 0 Å². The van der Waals surface area contributed by atoms with Crippen LogP contribution in [-0.2, 0) is 0 Å². The van der Waals surface area contributed by atoms with E-state index in [1.165, 1.54) is 31.2 Å². The van der Waals surface area contributed by atoms with Crippen molar-refractivity contribution in [1.82, 2.24) is 5.16 Å². The number of rotatable bonds is 3. The van der Waals surface area contributed by atoms with Crippen molar-refractivity contribution in [2.75, 3.05) is 0 Å². The van der Waals surface area contributed by atoms with Crippen LogP contribution in [-0.4, -0.2) is 15.0 Å². The highest BCUT2D eigenvalue weighted by Gasteiger charge is 2.25. The Bertz CT molecular complexity index is 617. The van der Waals surface area contributed by atoms with Gasteiger partial charge in [0, 0.05) is 24.6 Å². The van der Waals surface area contributed by atoms with Gasteiger partial charge in [0.25, 0.3) is 5.69 Å². The molecule has 0 spiro atoms. The second-order valence-corrected chi connectivity index (χ2v) is 3.50. The highest BCUT2D eigenvalue weighted by atomic mass is 16.6. The lowest BCUT2D eigenvalue weighted by Crippen LogP contribution is -1.92. The van der Waals surface area contributed by atoms with E-state index in [4.69, 9.17) is 4.52 Å². The molecular formula is C10H7N3O5. The van der Waals surface area contributed by atoms with E-state index in [2.05, 4.69) is 5.16 Å². The van der Waals surface area contributed by atoms with Crippen LogP contribution in [0.15, 0.2) is 28.8 Å². The fraction of sp³-hybridized carbons (Fsp3) is 0.100. The van der Waals surface area contributed by atoms with Gasteiger partial charge in [-0.3, -0.25) is 20.2 Å². The van der Waals surface area contributed by atoms with Gasteiger partial charge in [0.05, 0.1) is 9.85 Å². The van der Waals surface area contributed by atoms with E-state index in [0.717, 1.165) is 0 Å². The summed E-state index contributed by atoms with van der Waals surface area (Å²) in [5, 5.41) is 24.9. The Hall–Kier alpha value is -2.77. The smallest absolute Gasteiger partial charge is 0.339 e. The number of hydrogen-bond acceptors (Lipinski definition) is 6. The SMILES string of the molecule is Cc1onc(-c2ccc([N+](=O)[O-])cc2)c1[N+](=O)[O-]. The Kier molecular flexibility index (Phi) is 2.76. The van der Waals surface area contributed by atoms with Gasteiger partial charge >= 0.3 is 5.69 Å². The van der Waals surface area contributed by atoms with Gasteiger partial charge in [-0.05, 0) is 12.1 Å². The number of nitro benzene ring substituents is 1.